The second kappa shape index (κ2) is 4.37. The van der Waals surface area contributed by atoms with Crippen molar-refractivity contribution in [2.45, 2.75) is 12.8 Å². The van der Waals surface area contributed by atoms with Crippen molar-refractivity contribution in [1.29, 1.82) is 0 Å². The average Bonchev–Trinajstić information content (AvgIpc) is 2.61. The smallest absolute Gasteiger partial charge is 0.133 e. The lowest BCUT2D eigenvalue weighted by molar-refractivity contribution is 0.192. The summed E-state index contributed by atoms with van der Waals surface area (Å²) < 4.78 is 5.80. The quantitative estimate of drug-likeness (QED) is 0.763. The number of hydrogen-bond acceptors (Lipinski definition) is 4. The lowest BCUT2D eigenvalue weighted by Crippen LogP contribution is -2.32. The Kier molecular flexibility index (Phi) is 3.34. The SMILES string of the molecule is SCC1(CS)CCc2cscc2OC1. The molecule has 1 aliphatic rings. The summed E-state index contributed by atoms with van der Waals surface area (Å²) in [4.78, 5) is 0. The fraction of sp³-hybridized carbons (Fsp3) is 0.600. The Labute approximate surface area is 99.7 Å². The van der Waals surface area contributed by atoms with Gasteiger partial charge in [-0.15, -0.1) is 11.3 Å². The average molecular weight is 246 g/mol. The van der Waals surface area contributed by atoms with E-state index >= 15 is 0 Å². The molecule has 0 saturated carbocycles. The molecular weight excluding hydrogens is 232 g/mol. The second-order valence-electron chi connectivity index (χ2n) is 3.87. The van der Waals surface area contributed by atoms with Crippen molar-refractivity contribution < 1.29 is 4.74 Å². The van der Waals surface area contributed by atoms with E-state index in [1.54, 1.807) is 11.3 Å². The van der Waals surface area contributed by atoms with E-state index in [0.717, 1.165) is 36.7 Å². The van der Waals surface area contributed by atoms with Crippen molar-refractivity contribution in [3.05, 3.63) is 16.3 Å². The molecule has 78 valence electrons. The zero-order valence-electron chi connectivity index (χ0n) is 7.90. The van der Waals surface area contributed by atoms with Gasteiger partial charge in [-0.25, -0.2) is 0 Å². The van der Waals surface area contributed by atoms with E-state index in [0.29, 0.717) is 0 Å². The Bertz CT molecular complexity index is 280. The summed E-state index contributed by atoms with van der Waals surface area (Å²) in [7, 11) is 0. The van der Waals surface area contributed by atoms with Gasteiger partial charge in [-0.3, -0.25) is 0 Å². The number of ether oxygens (including phenoxy) is 1. The van der Waals surface area contributed by atoms with Gasteiger partial charge in [0.15, 0.2) is 0 Å². The summed E-state index contributed by atoms with van der Waals surface area (Å²) in [6.07, 6.45) is 2.23. The van der Waals surface area contributed by atoms with Crippen molar-refractivity contribution in [2.24, 2.45) is 5.41 Å². The minimum atomic E-state index is 0.156. The van der Waals surface area contributed by atoms with Crippen LogP contribution in [0, 0.1) is 5.41 Å². The predicted octanol–water partition coefficient (Wildman–Crippen LogP) is 2.92. The molecule has 4 heteroatoms. The monoisotopic (exact) mass is 246 g/mol. The summed E-state index contributed by atoms with van der Waals surface area (Å²) in [5.74, 6) is 2.77. The van der Waals surface area contributed by atoms with Crippen LogP contribution in [0.2, 0.25) is 0 Å². The van der Waals surface area contributed by atoms with Crippen molar-refractivity contribution >= 4 is 36.6 Å². The third-order valence-electron chi connectivity index (χ3n) is 2.83. The molecule has 0 saturated heterocycles. The highest BCUT2D eigenvalue weighted by Gasteiger charge is 2.31. The first-order valence-corrected chi connectivity index (χ1v) is 6.90. The molecule has 14 heavy (non-hydrogen) atoms. The Morgan fingerprint density at radius 1 is 1.36 bits per heavy atom. The van der Waals surface area contributed by atoms with Crippen LogP contribution in [-0.2, 0) is 6.42 Å². The molecule has 1 nitrogen and oxygen atoms in total. The molecule has 0 N–H and O–H groups in total. The number of fused-ring (bicyclic) bond motifs is 1. The number of rotatable bonds is 2. The molecule has 0 amide bonds. The molecule has 2 heterocycles. The maximum absolute atomic E-state index is 5.80. The van der Waals surface area contributed by atoms with E-state index in [1.807, 2.05) is 0 Å². The van der Waals surface area contributed by atoms with Gasteiger partial charge >= 0.3 is 0 Å². The Hall–Kier alpha value is 0.200. The maximum atomic E-state index is 5.80. The maximum Gasteiger partial charge on any atom is 0.133 e. The van der Waals surface area contributed by atoms with E-state index in [4.69, 9.17) is 4.74 Å². The van der Waals surface area contributed by atoms with Crippen LogP contribution in [0.15, 0.2) is 10.8 Å². The molecule has 1 aliphatic heterocycles. The number of thiophene rings is 1. The van der Waals surface area contributed by atoms with Crippen LogP contribution < -0.4 is 4.74 Å². The summed E-state index contributed by atoms with van der Waals surface area (Å²) in [5.41, 5.74) is 1.50. The lowest BCUT2D eigenvalue weighted by Gasteiger charge is -2.27. The highest BCUT2D eigenvalue weighted by molar-refractivity contribution is 7.81. The topological polar surface area (TPSA) is 9.23 Å². The van der Waals surface area contributed by atoms with Gasteiger partial charge in [0.2, 0.25) is 0 Å². The normalized spacial score (nSPS) is 19.6. The molecule has 0 fully saturated rings. The van der Waals surface area contributed by atoms with Crippen molar-refractivity contribution in [3.8, 4) is 5.75 Å². The molecule has 0 spiro atoms. The standard InChI is InChI=1S/C10H14OS3/c12-6-10(7-13)2-1-8-3-14-4-9(8)11-5-10/h3-4,12-13H,1-2,5-7H2. The fourth-order valence-corrected chi connectivity index (χ4v) is 3.33. The molecule has 1 aromatic rings. The first-order chi connectivity index (χ1) is 6.79. The van der Waals surface area contributed by atoms with Gasteiger partial charge in [0.05, 0.1) is 6.61 Å². The van der Waals surface area contributed by atoms with Crippen LogP contribution in [-0.4, -0.2) is 18.1 Å². The van der Waals surface area contributed by atoms with Gasteiger partial charge in [-0.1, -0.05) is 0 Å². The van der Waals surface area contributed by atoms with Gasteiger partial charge in [0.25, 0.3) is 0 Å². The molecule has 0 atom stereocenters. The predicted molar refractivity (Wildman–Crippen MR) is 68.3 cm³/mol. The van der Waals surface area contributed by atoms with Gasteiger partial charge in [0, 0.05) is 16.4 Å². The minimum absolute atomic E-state index is 0.156. The van der Waals surface area contributed by atoms with Crippen LogP contribution in [0.3, 0.4) is 0 Å². The van der Waals surface area contributed by atoms with Crippen LogP contribution >= 0.6 is 36.6 Å². The summed E-state index contributed by atoms with van der Waals surface area (Å²) in [6, 6.07) is 0. The van der Waals surface area contributed by atoms with Crippen molar-refractivity contribution in [1.82, 2.24) is 0 Å². The summed E-state index contributed by atoms with van der Waals surface area (Å²) >= 11 is 10.5. The molecule has 0 radical (unpaired) electrons. The third kappa shape index (κ3) is 1.92. The molecule has 0 aromatic carbocycles. The molecule has 2 rings (SSSR count). The molecule has 0 aliphatic carbocycles. The van der Waals surface area contributed by atoms with E-state index in [9.17, 15) is 0 Å². The largest absolute Gasteiger partial charge is 0.492 e. The molecular formula is C10H14OS3. The van der Waals surface area contributed by atoms with Crippen LogP contribution in [0.25, 0.3) is 0 Å². The zero-order chi connectivity index (χ0) is 10.0. The highest BCUT2D eigenvalue weighted by Crippen LogP contribution is 2.36. The summed E-state index contributed by atoms with van der Waals surface area (Å²) in [5, 5.41) is 4.27. The Balaban J connectivity index is 2.16. The van der Waals surface area contributed by atoms with Crippen LogP contribution in [0.1, 0.15) is 12.0 Å². The molecule has 0 unspecified atom stereocenters. The van der Waals surface area contributed by atoms with E-state index in [1.165, 1.54) is 5.56 Å². The second-order valence-corrected chi connectivity index (χ2v) is 5.24. The van der Waals surface area contributed by atoms with Gasteiger partial charge in [-0.2, -0.15) is 25.3 Å². The van der Waals surface area contributed by atoms with Gasteiger partial charge < -0.3 is 4.74 Å². The van der Waals surface area contributed by atoms with Gasteiger partial charge in [0.1, 0.15) is 5.75 Å². The minimum Gasteiger partial charge on any atom is -0.492 e. The van der Waals surface area contributed by atoms with E-state index in [2.05, 4.69) is 36.0 Å². The van der Waals surface area contributed by atoms with Crippen LogP contribution in [0.4, 0.5) is 0 Å². The van der Waals surface area contributed by atoms with E-state index < -0.39 is 0 Å². The number of hydrogen-bond donors (Lipinski definition) is 2. The zero-order valence-corrected chi connectivity index (χ0v) is 10.5. The number of aryl methyl sites for hydroxylation is 1. The fourth-order valence-electron chi connectivity index (χ4n) is 1.62. The lowest BCUT2D eigenvalue weighted by atomic mass is 9.88. The first-order valence-electron chi connectivity index (χ1n) is 4.69. The van der Waals surface area contributed by atoms with Gasteiger partial charge in [-0.05, 0) is 29.7 Å². The van der Waals surface area contributed by atoms with E-state index in [-0.39, 0.29) is 5.41 Å². The van der Waals surface area contributed by atoms with Crippen molar-refractivity contribution in [3.63, 3.8) is 0 Å². The summed E-state index contributed by atoms with van der Waals surface area (Å²) in [6.45, 7) is 0.754. The molecule has 0 bridgehead atoms. The van der Waals surface area contributed by atoms with Crippen molar-refractivity contribution in [2.75, 3.05) is 18.1 Å². The first kappa shape index (κ1) is 10.7. The molecule has 1 aromatic heterocycles. The van der Waals surface area contributed by atoms with Crippen LogP contribution in [0.5, 0.6) is 5.75 Å². The third-order valence-corrected chi connectivity index (χ3v) is 4.94. The number of thiol groups is 2. The Morgan fingerprint density at radius 3 is 2.86 bits per heavy atom. The Morgan fingerprint density at radius 2 is 2.14 bits per heavy atom. The highest BCUT2D eigenvalue weighted by atomic mass is 32.1.